The summed E-state index contributed by atoms with van der Waals surface area (Å²) in [5.41, 5.74) is 0.856. The monoisotopic (exact) mass is 432 g/mol. The molecule has 2 aromatic rings. The Hall–Kier alpha value is -2.26. The Morgan fingerprint density at radius 2 is 1.87 bits per heavy atom. The summed E-state index contributed by atoms with van der Waals surface area (Å²) in [7, 11) is -3.43. The zero-order valence-electron chi connectivity index (χ0n) is 16.8. The normalized spacial score (nSPS) is 25.9. The van der Waals surface area contributed by atoms with Crippen molar-refractivity contribution in [3.8, 4) is 5.88 Å². The van der Waals surface area contributed by atoms with E-state index in [2.05, 4.69) is 20.6 Å². The quantitative estimate of drug-likeness (QED) is 0.724. The van der Waals surface area contributed by atoms with Crippen molar-refractivity contribution in [1.82, 2.24) is 15.3 Å². The van der Waals surface area contributed by atoms with Crippen LogP contribution in [0.1, 0.15) is 44.1 Å². The number of aromatic nitrogens is 2. The largest absolute Gasteiger partial charge is 0.474 e. The first kappa shape index (κ1) is 19.7. The van der Waals surface area contributed by atoms with Crippen LogP contribution in [-0.2, 0) is 9.84 Å². The molecular formula is C21H25FN4O3S. The molecule has 2 N–H and O–H groups in total. The number of anilines is 2. The highest BCUT2D eigenvalue weighted by Gasteiger charge is 2.37. The maximum absolute atomic E-state index is 14.6. The van der Waals surface area contributed by atoms with Crippen molar-refractivity contribution in [2.75, 3.05) is 5.32 Å². The molecule has 0 amide bonds. The summed E-state index contributed by atoms with van der Waals surface area (Å²) in [4.78, 5) is 8.52. The molecule has 0 radical (unpaired) electrons. The molecule has 1 saturated carbocycles. The van der Waals surface area contributed by atoms with Gasteiger partial charge in [0.05, 0.1) is 21.4 Å². The van der Waals surface area contributed by atoms with Gasteiger partial charge in [-0.15, -0.1) is 0 Å². The molecule has 3 atom stereocenters. The van der Waals surface area contributed by atoms with Crippen molar-refractivity contribution in [3.63, 3.8) is 0 Å². The zero-order valence-corrected chi connectivity index (χ0v) is 17.6. The number of ether oxygens (including phenoxy) is 1. The molecule has 2 bridgehead atoms. The lowest BCUT2D eigenvalue weighted by Crippen LogP contribution is -2.42. The topological polar surface area (TPSA) is 93.2 Å². The number of hydrogen-bond acceptors (Lipinski definition) is 7. The second-order valence-corrected chi connectivity index (χ2v) is 10.7. The summed E-state index contributed by atoms with van der Waals surface area (Å²) >= 11 is 0. The van der Waals surface area contributed by atoms with E-state index in [0.29, 0.717) is 42.2 Å². The lowest BCUT2D eigenvalue weighted by molar-refractivity contribution is 0.131. The van der Waals surface area contributed by atoms with Crippen LogP contribution in [0.15, 0.2) is 29.4 Å². The molecule has 5 rings (SSSR count). The standard InChI is InChI=1S/C21H25FN4O3S/c1-12-20(23-11-24-21(12)29-15-8-13-2-3-14(9-15)25-13)26-19-7-6-17(10-18(19)22)30(27,28)16-4-5-16/h6-7,10-11,13-16,25H,2-5,8-9H2,1H3,(H,23,24,26)/t13-,14?,15+/m0/s1. The van der Waals surface area contributed by atoms with Crippen molar-refractivity contribution in [2.45, 2.75) is 73.8 Å². The lowest BCUT2D eigenvalue weighted by Gasteiger charge is -2.29. The number of nitrogens with one attached hydrogen (secondary N) is 2. The Kier molecular flexibility index (Phi) is 4.89. The SMILES string of the molecule is Cc1c(Nc2ccc(S(=O)(=O)C3CC3)cc2F)ncnc1O[C@H]1CC2CC[C@@H](C1)N2. The Labute approximate surface area is 175 Å². The Balaban J connectivity index is 1.33. The summed E-state index contributed by atoms with van der Waals surface area (Å²) in [5, 5.41) is 6.17. The molecule has 1 aliphatic carbocycles. The summed E-state index contributed by atoms with van der Waals surface area (Å²) in [5.74, 6) is 0.299. The average molecular weight is 433 g/mol. The predicted molar refractivity (Wildman–Crippen MR) is 110 cm³/mol. The van der Waals surface area contributed by atoms with Crippen molar-refractivity contribution < 1.29 is 17.5 Å². The first-order valence-electron chi connectivity index (χ1n) is 10.4. The summed E-state index contributed by atoms with van der Waals surface area (Å²) in [6.07, 6.45) is 7.06. The van der Waals surface area contributed by atoms with E-state index >= 15 is 0 Å². The van der Waals surface area contributed by atoms with Crippen LogP contribution in [-0.4, -0.2) is 41.8 Å². The van der Waals surface area contributed by atoms with Gasteiger partial charge in [-0.25, -0.2) is 22.8 Å². The summed E-state index contributed by atoms with van der Waals surface area (Å²) < 4.78 is 45.5. The van der Waals surface area contributed by atoms with E-state index in [9.17, 15) is 12.8 Å². The van der Waals surface area contributed by atoms with Gasteiger partial charge in [-0.3, -0.25) is 0 Å². The number of rotatable bonds is 6. The van der Waals surface area contributed by atoms with Gasteiger partial charge in [0.15, 0.2) is 9.84 Å². The van der Waals surface area contributed by atoms with Gasteiger partial charge >= 0.3 is 0 Å². The maximum atomic E-state index is 14.6. The van der Waals surface area contributed by atoms with Gasteiger partial charge in [0, 0.05) is 12.1 Å². The van der Waals surface area contributed by atoms with E-state index in [0.717, 1.165) is 18.9 Å². The molecule has 2 saturated heterocycles. The van der Waals surface area contributed by atoms with Gasteiger partial charge in [0.2, 0.25) is 5.88 Å². The van der Waals surface area contributed by atoms with E-state index in [1.807, 2.05) is 6.92 Å². The van der Waals surface area contributed by atoms with E-state index < -0.39 is 15.7 Å². The van der Waals surface area contributed by atoms with E-state index in [1.54, 1.807) is 0 Å². The van der Waals surface area contributed by atoms with Crippen molar-refractivity contribution in [3.05, 3.63) is 35.9 Å². The minimum absolute atomic E-state index is 0.0250. The zero-order chi connectivity index (χ0) is 20.9. The molecular weight excluding hydrogens is 407 g/mol. The molecule has 3 heterocycles. The highest BCUT2D eigenvalue weighted by Crippen LogP contribution is 2.35. The van der Waals surface area contributed by atoms with Gasteiger partial charge in [-0.1, -0.05) is 0 Å². The van der Waals surface area contributed by atoms with Crippen LogP contribution in [0.3, 0.4) is 0 Å². The predicted octanol–water partition coefficient (Wildman–Crippen LogP) is 3.27. The number of piperidine rings is 1. The minimum atomic E-state index is -3.43. The first-order valence-corrected chi connectivity index (χ1v) is 12.0. The number of nitrogens with zero attached hydrogens (tertiary/aromatic N) is 2. The fourth-order valence-electron chi connectivity index (χ4n) is 4.41. The number of fused-ring (bicyclic) bond motifs is 2. The molecule has 9 heteroatoms. The minimum Gasteiger partial charge on any atom is -0.474 e. The fourth-order valence-corrected chi connectivity index (χ4v) is 6.08. The van der Waals surface area contributed by atoms with Crippen molar-refractivity contribution >= 4 is 21.3 Å². The molecule has 2 aliphatic heterocycles. The van der Waals surface area contributed by atoms with Crippen molar-refractivity contribution in [1.29, 1.82) is 0 Å². The molecule has 1 aromatic carbocycles. The third kappa shape index (κ3) is 3.76. The average Bonchev–Trinajstić information content (AvgIpc) is 3.52. The first-order chi connectivity index (χ1) is 14.4. The molecule has 1 unspecified atom stereocenters. The molecule has 1 aromatic heterocycles. The fraction of sp³-hybridized carbons (Fsp3) is 0.524. The van der Waals surface area contributed by atoms with Gasteiger partial charge in [-0.2, -0.15) is 0 Å². The molecule has 3 aliphatic rings. The van der Waals surface area contributed by atoms with E-state index in [-0.39, 0.29) is 21.9 Å². The Morgan fingerprint density at radius 3 is 2.53 bits per heavy atom. The van der Waals surface area contributed by atoms with Crippen LogP contribution in [0.4, 0.5) is 15.9 Å². The highest BCUT2D eigenvalue weighted by atomic mass is 32.2. The molecule has 0 spiro atoms. The van der Waals surface area contributed by atoms with E-state index in [4.69, 9.17) is 4.74 Å². The molecule has 3 fully saturated rings. The molecule has 7 nitrogen and oxygen atoms in total. The van der Waals surface area contributed by atoms with Gasteiger partial charge in [0.1, 0.15) is 24.1 Å². The number of benzene rings is 1. The van der Waals surface area contributed by atoms with Crippen LogP contribution < -0.4 is 15.4 Å². The van der Waals surface area contributed by atoms with Crippen LogP contribution in [0, 0.1) is 12.7 Å². The third-order valence-electron chi connectivity index (χ3n) is 6.23. The number of hydrogen-bond donors (Lipinski definition) is 2. The van der Waals surface area contributed by atoms with Crippen LogP contribution in [0.2, 0.25) is 0 Å². The van der Waals surface area contributed by atoms with Crippen LogP contribution >= 0.6 is 0 Å². The third-order valence-corrected chi connectivity index (χ3v) is 8.49. The lowest BCUT2D eigenvalue weighted by atomic mass is 10.0. The van der Waals surface area contributed by atoms with E-state index in [1.165, 1.54) is 31.3 Å². The van der Waals surface area contributed by atoms with Crippen LogP contribution in [0.5, 0.6) is 5.88 Å². The van der Waals surface area contributed by atoms with Gasteiger partial charge in [-0.05, 0) is 63.6 Å². The Morgan fingerprint density at radius 1 is 1.13 bits per heavy atom. The van der Waals surface area contributed by atoms with Gasteiger partial charge < -0.3 is 15.4 Å². The summed E-state index contributed by atoms with van der Waals surface area (Å²) in [6, 6.07) is 4.98. The number of sulfone groups is 1. The second-order valence-electron chi connectivity index (χ2n) is 8.51. The van der Waals surface area contributed by atoms with Gasteiger partial charge in [0.25, 0.3) is 0 Å². The highest BCUT2D eigenvalue weighted by molar-refractivity contribution is 7.92. The molecule has 160 valence electrons. The molecule has 30 heavy (non-hydrogen) atoms. The van der Waals surface area contributed by atoms with Crippen LogP contribution in [0.25, 0.3) is 0 Å². The second kappa shape index (κ2) is 7.46. The number of halogens is 1. The maximum Gasteiger partial charge on any atom is 0.221 e. The van der Waals surface area contributed by atoms with Crippen molar-refractivity contribution in [2.24, 2.45) is 0 Å². The Bertz CT molecular complexity index is 1060. The summed E-state index contributed by atoms with van der Waals surface area (Å²) in [6.45, 7) is 1.83. The smallest absolute Gasteiger partial charge is 0.221 e.